The third-order valence-electron chi connectivity index (χ3n) is 9.94. The minimum Gasteiger partial charge on any atom is -0.246 e. The Balaban J connectivity index is 1.49. The molecule has 0 amide bonds. The Hall–Kier alpha value is -6.42. The number of hydrogen-bond acceptors (Lipinski definition) is 4. The number of para-hydroxylation sites is 2. The van der Waals surface area contributed by atoms with Crippen molar-refractivity contribution in [3.63, 3.8) is 0 Å². The van der Waals surface area contributed by atoms with Crippen LogP contribution in [-0.2, 0) is 18.6 Å². The monoisotopic (exact) mass is 646 g/mol. The Morgan fingerprint density at radius 3 is 1.73 bits per heavy atom. The van der Waals surface area contributed by atoms with Crippen LogP contribution in [0.15, 0.2) is 170 Å². The summed E-state index contributed by atoms with van der Waals surface area (Å²) in [6.45, 7) is -0.0318. The van der Waals surface area contributed by atoms with Gasteiger partial charge in [-0.05, 0) is 58.5 Å². The average molecular weight is 647 g/mol. The zero-order valence-corrected chi connectivity index (χ0v) is 26.3. The SMILES string of the molecule is O=c1n(-c2ccccc2)c(=O)n2n1CC1(c3ccccc3)C(=C(c3ccccc3)Cn3c(=O)n(-c4ccccc4)c(=O)n31)C2C1=CCC=C1. The lowest BCUT2D eigenvalue weighted by Crippen LogP contribution is -2.59. The molecule has 0 fully saturated rings. The van der Waals surface area contributed by atoms with E-state index >= 15 is 0 Å². The van der Waals surface area contributed by atoms with Crippen LogP contribution in [0.4, 0.5) is 0 Å². The van der Waals surface area contributed by atoms with Gasteiger partial charge in [0.05, 0.1) is 24.5 Å². The molecule has 10 nitrogen and oxygen atoms in total. The van der Waals surface area contributed by atoms with E-state index in [1.165, 1.54) is 23.2 Å². The quantitative estimate of drug-likeness (QED) is 0.280. The highest BCUT2D eigenvalue weighted by Crippen LogP contribution is 2.51. The fraction of sp³-hybridized carbons (Fsp3) is 0.128. The van der Waals surface area contributed by atoms with Gasteiger partial charge in [-0.15, -0.1) is 0 Å². The van der Waals surface area contributed by atoms with Crippen molar-refractivity contribution < 1.29 is 0 Å². The molecule has 10 heteroatoms. The fourth-order valence-corrected chi connectivity index (χ4v) is 7.91. The van der Waals surface area contributed by atoms with E-state index in [0.717, 1.165) is 22.3 Å². The predicted molar refractivity (Wildman–Crippen MR) is 186 cm³/mol. The number of rotatable bonds is 5. The van der Waals surface area contributed by atoms with Gasteiger partial charge >= 0.3 is 22.8 Å². The van der Waals surface area contributed by atoms with E-state index < -0.39 is 34.3 Å². The number of aromatic nitrogens is 6. The number of nitrogens with zero attached hydrogens (tertiary/aromatic N) is 6. The van der Waals surface area contributed by atoms with Crippen molar-refractivity contribution in [1.29, 1.82) is 0 Å². The lowest BCUT2D eigenvalue weighted by Gasteiger charge is -2.49. The van der Waals surface area contributed by atoms with Crippen molar-refractivity contribution in [1.82, 2.24) is 27.9 Å². The average Bonchev–Trinajstić information content (AvgIpc) is 3.84. The zero-order valence-electron chi connectivity index (χ0n) is 26.3. The van der Waals surface area contributed by atoms with Gasteiger partial charge in [0.15, 0.2) is 0 Å². The van der Waals surface area contributed by atoms with Gasteiger partial charge < -0.3 is 0 Å². The van der Waals surface area contributed by atoms with Crippen molar-refractivity contribution in [3.8, 4) is 11.4 Å². The first-order chi connectivity index (χ1) is 24.0. The molecule has 49 heavy (non-hydrogen) atoms. The van der Waals surface area contributed by atoms with Gasteiger partial charge in [0.2, 0.25) is 0 Å². The lowest BCUT2D eigenvalue weighted by molar-refractivity contribution is 0.179. The summed E-state index contributed by atoms with van der Waals surface area (Å²) in [5.41, 5.74) is 1.42. The van der Waals surface area contributed by atoms with Crippen LogP contribution in [0.5, 0.6) is 0 Å². The summed E-state index contributed by atoms with van der Waals surface area (Å²) < 4.78 is 8.42. The highest BCUT2D eigenvalue weighted by molar-refractivity contribution is 5.75. The van der Waals surface area contributed by atoms with E-state index in [0.29, 0.717) is 23.4 Å². The topological polar surface area (TPSA) is 97.9 Å². The molecule has 2 atom stereocenters. The fourth-order valence-electron chi connectivity index (χ4n) is 7.91. The molecule has 0 saturated carbocycles. The lowest BCUT2D eigenvalue weighted by atomic mass is 9.71. The molecule has 2 aromatic heterocycles. The van der Waals surface area contributed by atoms with Crippen molar-refractivity contribution >= 4 is 5.57 Å². The van der Waals surface area contributed by atoms with Gasteiger partial charge in [-0.3, -0.25) is 0 Å². The summed E-state index contributed by atoms with van der Waals surface area (Å²) >= 11 is 0. The molecule has 4 aromatic carbocycles. The Labute approximate surface area is 279 Å². The summed E-state index contributed by atoms with van der Waals surface area (Å²) in [5.74, 6) is 0. The van der Waals surface area contributed by atoms with Gasteiger partial charge in [-0.25, -0.2) is 47.0 Å². The second-order valence-electron chi connectivity index (χ2n) is 12.5. The summed E-state index contributed by atoms with van der Waals surface area (Å²) in [5, 5.41) is 0. The van der Waals surface area contributed by atoms with Crippen LogP contribution >= 0.6 is 0 Å². The van der Waals surface area contributed by atoms with E-state index in [1.807, 2.05) is 84.9 Å². The smallest absolute Gasteiger partial charge is 0.246 e. The summed E-state index contributed by atoms with van der Waals surface area (Å²) in [6, 6.07) is 36.3. The molecule has 240 valence electrons. The van der Waals surface area contributed by atoms with Crippen LogP contribution < -0.4 is 22.8 Å². The predicted octanol–water partition coefficient (Wildman–Crippen LogP) is 4.27. The molecule has 2 aliphatic heterocycles. The molecule has 4 heterocycles. The molecule has 0 bridgehead atoms. The molecule has 3 aliphatic rings. The van der Waals surface area contributed by atoms with Gasteiger partial charge in [-0.1, -0.05) is 115 Å². The van der Waals surface area contributed by atoms with Crippen LogP contribution in [-0.4, -0.2) is 27.9 Å². The molecule has 0 N–H and O–H groups in total. The summed E-state index contributed by atoms with van der Waals surface area (Å²) in [7, 11) is 0. The van der Waals surface area contributed by atoms with Gasteiger partial charge in [0.1, 0.15) is 11.6 Å². The van der Waals surface area contributed by atoms with E-state index in [1.54, 1.807) is 53.2 Å². The Morgan fingerprint density at radius 1 is 0.592 bits per heavy atom. The van der Waals surface area contributed by atoms with Gasteiger partial charge in [0.25, 0.3) is 0 Å². The Kier molecular flexibility index (Phi) is 6.35. The maximum atomic E-state index is 14.9. The molecule has 0 spiro atoms. The normalized spacial score (nSPS) is 19.3. The minimum absolute atomic E-state index is 0.0771. The van der Waals surface area contributed by atoms with Gasteiger partial charge in [-0.2, -0.15) is 0 Å². The second kappa shape index (κ2) is 10.8. The maximum absolute atomic E-state index is 14.9. The molecule has 0 radical (unpaired) electrons. The van der Waals surface area contributed by atoms with Crippen molar-refractivity contribution in [3.05, 3.63) is 204 Å². The first-order valence-corrected chi connectivity index (χ1v) is 16.2. The van der Waals surface area contributed by atoms with Crippen LogP contribution in [0.25, 0.3) is 16.9 Å². The van der Waals surface area contributed by atoms with E-state index in [2.05, 4.69) is 6.08 Å². The maximum Gasteiger partial charge on any atom is 0.353 e. The summed E-state index contributed by atoms with van der Waals surface area (Å²) in [4.78, 5) is 58.6. The van der Waals surface area contributed by atoms with Crippen molar-refractivity contribution in [2.24, 2.45) is 0 Å². The first kappa shape index (κ1) is 28.8. The van der Waals surface area contributed by atoms with E-state index in [9.17, 15) is 19.2 Å². The number of fused-ring (bicyclic) bond motifs is 4. The Morgan fingerprint density at radius 2 is 1.14 bits per heavy atom. The van der Waals surface area contributed by atoms with Crippen LogP contribution in [0.1, 0.15) is 23.6 Å². The minimum atomic E-state index is -1.39. The summed E-state index contributed by atoms with van der Waals surface area (Å²) in [6.07, 6.45) is 6.73. The number of hydrogen-bond donors (Lipinski definition) is 0. The largest absolute Gasteiger partial charge is 0.353 e. The third-order valence-corrected chi connectivity index (χ3v) is 9.94. The highest BCUT2D eigenvalue weighted by atomic mass is 16.2. The highest BCUT2D eigenvalue weighted by Gasteiger charge is 2.55. The first-order valence-electron chi connectivity index (χ1n) is 16.2. The zero-order chi connectivity index (χ0) is 33.3. The number of benzene rings is 4. The molecular weight excluding hydrogens is 616 g/mol. The van der Waals surface area contributed by atoms with E-state index in [4.69, 9.17) is 0 Å². The van der Waals surface area contributed by atoms with Crippen molar-refractivity contribution in [2.45, 2.75) is 31.1 Å². The molecule has 1 aliphatic carbocycles. The second-order valence-corrected chi connectivity index (χ2v) is 12.5. The number of allylic oxidation sites excluding steroid dienone is 6. The molecule has 9 rings (SSSR count). The third kappa shape index (κ3) is 4.00. The molecule has 0 saturated heterocycles. The van der Waals surface area contributed by atoms with Crippen molar-refractivity contribution in [2.75, 3.05) is 0 Å². The Bertz CT molecular complexity index is 2600. The van der Waals surface area contributed by atoms with E-state index in [-0.39, 0.29) is 13.1 Å². The molecule has 6 aromatic rings. The van der Waals surface area contributed by atoms with Crippen LogP contribution in [0, 0.1) is 0 Å². The van der Waals surface area contributed by atoms with Crippen LogP contribution in [0.3, 0.4) is 0 Å². The van der Waals surface area contributed by atoms with Crippen LogP contribution in [0.2, 0.25) is 0 Å². The molecule has 2 unspecified atom stereocenters. The van der Waals surface area contributed by atoms with Gasteiger partial charge in [0, 0.05) is 0 Å². The standard InChI is InChI=1S/C39H30N6O4/c46-35-40-25-32(27-15-5-1-6-16-27)33-34(28-17-13-14-18-28)44-37(48)42(30-21-9-3-10-22-30)36(47)41(44)26-39(33,29-19-7-2-8-20-29)45(40)38(49)43(35)31-23-11-4-12-24-31/h1-13,15-24,34H,14,25-26H2. The molecular formula is C39H30N6O4.